The molecule has 118 valence electrons. The van der Waals surface area contributed by atoms with Crippen LogP contribution in [0.1, 0.15) is 75.9 Å². The highest BCUT2D eigenvalue weighted by Gasteiger charge is 2.45. The molecule has 0 spiro atoms. The first-order chi connectivity index (χ1) is 9.79. The maximum Gasteiger partial charge on any atom is 0.229 e. The SMILES string of the molecule is CC(c1noc(C2CCC(S(C)(=O)=O)CC2)n1)C1(C)CC1. The first kappa shape index (κ1) is 15.0. The van der Waals surface area contributed by atoms with Gasteiger partial charge in [-0.25, -0.2) is 8.42 Å². The summed E-state index contributed by atoms with van der Waals surface area (Å²) in [5.74, 6) is 2.08. The van der Waals surface area contributed by atoms with E-state index in [1.807, 2.05) is 0 Å². The first-order valence-electron chi connectivity index (χ1n) is 7.82. The van der Waals surface area contributed by atoms with E-state index in [0.29, 0.717) is 30.1 Å². The van der Waals surface area contributed by atoms with Crippen LogP contribution in [-0.2, 0) is 9.84 Å². The second kappa shape index (κ2) is 5.07. The molecule has 2 aliphatic carbocycles. The van der Waals surface area contributed by atoms with E-state index in [-0.39, 0.29) is 11.2 Å². The minimum Gasteiger partial charge on any atom is -0.339 e. The third-order valence-electron chi connectivity index (χ3n) is 5.56. The van der Waals surface area contributed by atoms with Crippen molar-refractivity contribution in [1.82, 2.24) is 10.1 Å². The Bertz CT molecular complexity index is 611. The molecule has 5 nitrogen and oxygen atoms in total. The quantitative estimate of drug-likeness (QED) is 0.854. The molecular weight excluding hydrogens is 288 g/mol. The van der Waals surface area contributed by atoms with Gasteiger partial charge >= 0.3 is 0 Å². The number of rotatable bonds is 4. The van der Waals surface area contributed by atoms with Crippen LogP contribution in [0, 0.1) is 5.41 Å². The zero-order valence-corrected chi connectivity index (χ0v) is 13.8. The fourth-order valence-electron chi connectivity index (χ4n) is 3.27. The molecule has 1 atom stereocenters. The fourth-order valence-corrected chi connectivity index (χ4v) is 4.40. The lowest BCUT2D eigenvalue weighted by molar-refractivity contribution is 0.309. The number of nitrogens with zero attached hydrogens (tertiary/aromatic N) is 2. The fraction of sp³-hybridized carbons (Fsp3) is 0.867. The van der Waals surface area contributed by atoms with Crippen LogP contribution in [0.25, 0.3) is 0 Å². The topological polar surface area (TPSA) is 73.1 Å². The molecule has 1 heterocycles. The molecule has 2 fully saturated rings. The number of hydrogen-bond donors (Lipinski definition) is 0. The lowest BCUT2D eigenvalue weighted by atomic mass is 9.88. The van der Waals surface area contributed by atoms with Gasteiger partial charge < -0.3 is 4.52 Å². The highest BCUT2D eigenvalue weighted by atomic mass is 32.2. The van der Waals surface area contributed by atoms with Gasteiger partial charge in [0.15, 0.2) is 5.82 Å². The van der Waals surface area contributed by atoms with Crippen molar-refractivity contribution in [3.63, 3.8) is 0 Å². The lowest BCUT2D eigenvalue weighted by Gasteiger charge is -2.24. The zero-order chi connectivity index (χ0) is 15.3. The van der Waals surface area contributed by atoms with Crippen LogP contribution >= 0.6 is 0 Å². The molecule has 0 saturated heterocycles. The van der Waals surface area contributed by atoms with Crippen molar-refractivity contribution in [2.24, 2.45) is 5.41 Å². The molecule has 0 aromatic carbocycles. The van der Waals surface area contributed by atoms with E-state index in [2.05, 4.69) is 24.0 Å². The highest BCUT2D eigenvalue weighted by molar-refractivity contribution is 7.91. The summed E-state index contributed by atoms with van der Waals surface area (Å²) in [4.78, 5) is 4.60. The lowest BCUT2D eigenvalue weighted by Crippen LogP contribution is -2.25. The van der Waals surface area contributed by atoms with Gasteiger partial charge in [-0.15, -0.1) is 0 Å². The van der Waals surface area contributed by atoms with Crippen LogP contribution in [-0.4, -0.2) is 30.1 Å². The van der Waals surface area contributed by atoms with Gasteiger partial charge in [-0.2, -0.15) is 4.98 Å². The summed E-state index contributed by atoms with van der Waals surface area (Å²) in [6.07, 6.45) is 6.86. The summed E-state index contributed by atoms with van der Waals surface area (Å²) in [6, 6.07) is 0. The average molecular weight is 312 g/mol. The Balaban J connectivity index is 1.65. The molecule has 0 amide bonds. The van der Waals surface area contributed by atoms with Gasteiger partial charge in [0.2, 0.25) is 5.89 Å². The minimum absolute atomic E-state index is 0.194. The summed E-state index contributed by atoms with van der Waals surface area (Å²) < 4.78 is 28.6. The Labute approximate surface area is 126 Å². The summed E-state index contributed by atoms with van der Waals surface area (Å²) in [5, 5.41) is 3.97. The standard InChI is InChI=1S/C15H24N2O3S/c1-10(15(2)8-9-15)13-16-14(20-17-13)11-4-6-12(7-5-11)21(3,18)19/h10-12H,4-9H2,1-3H3. The third kappa shape index (κ3) is 3.00. The Hall–Kier alpha value is -0.910. The van der Waals surface area contributed by atoms with E-state index in [1.54, 1.807) is 0 Å². The van der Waals surface area contributed by atoms with Crippen molar-refractivity contribution in [2.75, 3.05) is 6.26 Å². The zero-order valence-electron chi connectivity index (χ0n) is 13.0. The summed E-state index contributed by atoms with van der Waals surface area (Å²) in [6.45, 7) is 4.44. The predicted molar refractivity (Wildman–Crippen MR) is 79.9 cm³/mol. The van der Waals surface area contributed by atoms with Crippen LogP contribution in [0.4, 0.5) is 0 Å². The van der Waals surface area contributed by atoms with Crippen LogP contribution in [0.2, 0.25) is 0 Å². The molecule has 2 aliphatic rings. The molecular formula is C15H24N2O3S. The summed E-state index contributed by atoms with van der Waals surface area (Å²) in [7, 11) is -2.92. The Kier molecular flexibility index (Phi) is 3.62. The molecule has 1 aromatic heterocycles. The third-order valence-corrected chi connectivity index (χ3v) is 7.24. The number of aromatic nitrogens is 2. The second-order valence-corrected chi connectivity index (χ2v) is 9.50. The molecule has 21 heavy (non-hydrogen) atoms. The largest absolute Gasteiger partial charge is 0.339 e. The Morgan fingerprint density at radius 2 is 1.86 bits per heavy atom. The van der Waals surface area contributed by atoms with Gasteiger partial charge in [-0.05, 0) is 43.9 Å². The summed E-state index contributed by atoms with van der Waals surface area (Å²) >= 11 is 0. The molecule has 6 heteroatoms. The monoisotopic (exact) mass is 312 g/mol. The molecule has 2 saturated carbocycles. The van der Waals surface area contributed by atoms with Gasteiger partial charge in [0.05, 0.1) is 5.25 Å². The van der Waals surface area contributed by atoms with E-state index >= 15 is 0 Å². The normalized spacial score (nSPS) is 30.0. The maximum atomic E-state index is 11.6. The molecule has 0 N–H and O–H groups in total. The van der Waals surface area contributed by atoms with Gasteiger partial charge in [0.25, 0.3) is 0 Å². The predicted octanol–water partition coefficient (Wildman–Crippen LogP) is 3.04. The molecule has 3 rings (SSSR count). The second-order valence-electron chi connectivity index (χ2n) is 7.17. The van der Waals surface area contributed by atoms with E-state index in [4.69, 9.17) is 4.52 Å². The highest BCUT2D eigenvalue weighted by Crippen LogP contribution is 2.54. The molecule has 1 unspecified atom stereocenters. The van der Waals surface area contributed by atoms with E-state index < -0.39 is 9.84 Å². The van der Waals surface area contributed by atoms with Crippen LogP contribution in [0.3, 0.4) is 0 Å². The molecule has 0 aliphatic heterocycles. The van der Waals surface area contributed by atoms with Gasteiger partial charge in [-0.1, -0.05) is 19.0 Å². The van der Waals surface area contributed by atoms with Crippen molar-refractivity contribution in [3.8, 4) is 0 Å². The molecule has 0 radical (unpaired) electrons. The van der Waals surface area contributed by atoms with Gasteiger partial charge in [0.1, 0.15) is 9.84 Å². The van der Waals surface area contributed by atoms with Gasteiger partial charge in [-0.3, -0.25) is 0 Å². The van der Waals surface area contributed by atoms with Gasteiger partial charge in [0, 0.05) is 18.1 Å². The van der Waals surface area contributed by atoms with Crippen LogP contribution in [0.15, 0.2) is 4.52 Å². The average Bonchev–Trinajstić information content (AvgIpc) is 3.02. The van der Waals surface area contributed by atoms with E-state index in [9.17, 15) is 8.42 Å². The minimum atomic E-state index is -2.92. The van der Waals surface area contributed by atoms with E-state index in [1.165, 1.54) is 19.1 Å². The molecule has 0 bridgehead atoms. The Morgan fingerprint density at radius 1 is 1.24 bits per heavy atom. The van der Waals surface area contributed by atoms with E-state index in [0.717, 1.165) is 18.7 Å². The first-order valence-corrected chi connectivity index (χ1v) is 9.77. The number of hydrogen-bond acceptors (Lipinski definition) is 5. The molecule has 1 aromatic rings. The number of sulfone groups is 1. The van der Waals surface area contributed by atoms with Crippen LogP contribution in [0.5, 0.6) is 0 Å². The van der Waals surface area contributed by atoms with Crippen LogP contribution < -0.4 is 0 Å². The van der Waals surface area contributed by atoms with Crippen molar-refractivity contribution in [3.05, 3.63) is 11.7 Å². The van der Waals surface area contributed by atoms with Crippen molar-refractivity contribution < 1.29 is 12.9 Å². The van der Waals surface area contributed by atoms with Crippen molar-refractivity contribution in [2.45, 2.75) is 69.5 Å². The maximum absolute atomic E-state index is 11.6. The summed E-state index contributed by atoms with van der Waals surface area (Å²) in [5.41, 5.74) is 0.342. The smallest absolute Gasteiger partial charge is 0.229 e. The van der Waals surface area contributed by atoms with Crippen molar-refractivity contribution in [1.29, 1.82) is 0 Å². The Morgan fingerprint density at radius 3 is 2.38 bits per heavy atom. The van der Waals surface area contributed by atoms with Crippen molar-refractivity contribution >= 4 is 9.84 Å².